The van der Waals surface area contributed by atoms with Crippen LogP contribution in [-0.2, 0) is 28.9 Å². The fraction of sp³-hybridized carbons (Fsp3) is 0.211. The van der Waals surface area contributed by atoms with E-state index < -0.39 is 10.0 Å². The number of benzene rings is 1. The molecule has 0 fully saturated rings. The summed E-state index contributed by atoms with van der Waals surface area (Å²) in [6.07, 6.45) is 6.85. The lowest BCUT2D eigenvalue weighted by Crippen LogP contribution is -2.34. The zero-order valence-electron chi connectivity index (χ0n) is 15.9. The highest BCUT2D eigenvalue weighted by atomic mass is 32.2. The summed E-state index contributed by atoms with van der Waals surface area (Å²) >= 11 is 0. The zero-order chi connectivity index (χ0) is 20.7. The SMILES string of the molecule is CNS(=O)(=O)Cc1ccc(CNC(=O)NCc2ccc(-n3ccnc3)nc2)cc1. The van der Waals surface area contributed by atoms with Gasteiger partial charge in [-0.3, -0.25) is 4.57 Å². The highest BCUT2D eigenvalue weighted by molar-refractivity contribution is 7.88. The van der Waals surface area contributed by atoms with Crippen LogP contribution >= 0.6 is 0 Å². The van der Waals surface area contributed by atoms with E-state index in [9.17, 15) is 13.2 Å². The zero-order valence-corrected chi connectivity index (χ0v) is 16.7. The van der Waals surface area contributed by atoms with Crippen LogP contribution in [0, 0.1) is 0 Å². The fourth-order valence-electron chi connectivity index (χ4n) is 2.54. The van der Waals surface area contributed by atoms with Crippen LogP contribution in [0.5, 0.6) is 0 Å². The van der Waals surface area contributed by atoms with Gasteiger partial charge in [-0.25, -0.2) is 27.9 Å². The van der Waals surface area contributed by atoms with Gasteiger partial charge in [-0.2, -0.15) is 0 Å². The second kappa shape index (κ2) is 9.30. The van der Waals surface area contributed by atoms with Gasteiger partial charge < -0.3 is 10.6 Å². The summed E-state index contributed by atoms with van der Waals surface area (Å²) in [6.45, 7) is 0.687. The van der Waals surface area contributed by atoms with Gasteiger partial charge in [0.05, 0.1) is 5.75 Å². The van der Waals surface area contributed by atoms with Crippen LogP contribution in [0.4, 0.5) is 4.79 Å². The molecule has 0 bridgehead atoms. The Morgan fingerprint density at radius 1 is 1.00 bits per heavy atom. The topological polar surface area (TPSA) is 118 Å². The van der Waals surface area contributed by atoms with Crippen molar-refractivity contribution < 1.29 is 13.2 Å². The highest BCUT2D eigenvalue weighted by Gasteiger charge is 2.08. The Balaban J connectivity index is 1.44. The van der Waals surface area contributed by atoms with Crippen LogP contribution in [0.15, 0.2) is 61.3 Å². The van der Waals surface area contributed by atoms with Crippen LogP contribution in [0.3, 0.4) is 0 Å². The molecule has 0 aliphatic carbocycles. The minimum absolute atomic E-state index is 0.0780. The molecule has 0 unspecified atom stereocenters. The van der Waals surface area contributed by atoms with Crippen molar-refractivity contribution in [3.63, 3.8) is 0 Å². The van der Waals surface area contributed by atoms with Gasteiger partial charge in [-0.1, -0.05) is 30.3 Å². The third-order valence-corrected chi connectivity index (χ3v) is 5.51. The molecular formula is C19H22N6O3S. The molecule has 9 nitrogen and oxygen atoms in total. The van der Waals surface area contributed by atoms with Gasteiger partial charge in [0.1, 0.15) is 12.1 Å². The van der Waals surface area contributed by atoms with E-state index in [4.69, 9.17) is 0 Å². The molecule has 3 rings (SSSR count). The largest absolute Gasteiger partial charge is 0.334 e. The molecule has 0 spiro atoms. The van der Waals surface area contributed by atoms with E-state index in [0.29, 0.717) is 18.7 Å². The number of nitrogens with zero attached hydrogens (tertiary/aromatic N) is 3. The van der Waals surface area contributed by atoms with Gasteiger partial charge in [0.2, 0.25) is 10.0 Å². The molecule has 3 aromatic rings. The van der Waals surface area contributed by atoms with Crippen LogP contribution in [0.25, 0.3) is 5.82 Å². The molecule has 0 aliphatic rings. The van der Waals surface area contributed by atoms with E-state index in [-0.39, 0.29) is 11.8 Å². The van der Waals surface area contributed by atoms with Crippen molar-refractivity contribution in [1.29, 1.82) is 0 Å². The fourth-order valence-corrected chi connectivity index (χ4v) is 3.32. The normalized spacial score (nSPS) is 11.2. The Bertz CT molecular complexity index is 1030. The van der Waals surface area contributed by atoms with Crippen molar-refractivity contribution in [2.45, 2.75) is 18.8 Å². The predicted molar refractivity (Wildman–Crippen MR) is 109 cm³/mol. The maximum Gasteiger partial charge on any atom is 0.315 e. The van der Waals surface area contributed by atoms with Crippen LogP contribution in [0.1, 0.15) is 16.7 Å². The Morgan fingerprint density at radius 2 is 1.66 bits per heavy atom. The Labute approximate surface area is 169 Å². The Hall–Kier alpha value is -3.24. The number of hydrogen-bond donors (Lipinski definition) is 3. The maximum absolute atomic E-state index is 12.0. The number of carbonyl (C=O) groups is 1. The van der Waals surface area contributed by atoms with Crippen molar-refractivity contribution in [2.75, 3.05) is 7.05 Å². The van der Waals surface area contributed by atoms with Crippen molar-refractivity contribution in [2.24, 2.45) is 0 Å². The summed E-state index contributed by atoms with van der Waals surface area (Å²) in [4.78, 5) is 20.3. The van der Waals surface area contributed by atoms with Gasteiger partial charge in [-0.15, -0.1) is 0 Å². The standard InChI is InChI=1S/C19H22N6O3S/c1-20-29(27,28)13-16-4-2-15(3-5-16)10-23-19(26)24-12-17-6-7-18(22-11-17)25-9-8-21-14-25/h2-9,11,14,20H,10,12-13H2,1H3,(H2,23,24,26). The van der Waals surface area contributed by atoms with Crippen LogP contribution in [0.2, 0.25) is 0 Å². The molecule has 0 saturated carbocycles. The summed E-state index contributed by atoms with van der Waals surface area (Å²) in [6, 6.07) is 10.5. The summed E-state index contributed by atoms with van der Waals surface area (Å²) in [5.41, 5.74) is 2.43. The number of urea groups is 1. The second-order valence-electron chi connectivity index (χ2n) is 6.31. The van der Waals surface area contributed by atoms with Gasteiger partial charge in [0.25, 0.3) is 0 Å². The molecule has 0 aliphatic heterocycles. The summed E-state index contributed by atoms with van der Waals surface area (Å²) in [5.74, 6) is 0.674. The summed E-state index contributed by atoms with van der Waals surface area (Å²) in [7, 11) is -1.91. The lowest BCUT2D eigenvalue weighted by atomic mass is 10.1. The third-order valence-electron chi connectivity index (χ3n) is 4.17. The van der Waals surface area contributed by atoms with Crippen LogP contribution in [-0.4, -0.2) is 36.0 Å². The Kier molecular flexibility index (Phi) is 6.57. The van der Waals surface area contributed by atoms with E-state index in [2.05, 4.69) is 25.3 Å². The second-order valence-corrected chi connectivity index (χ2v) is 8.24. The summed E-state index contributed by atoms with van der Waals surface area (Å²) in [5, 5.41) is 5.55. The number of aromatic nitrogens is 3. The molecule has 2 aromatic heterocycles. The first-order valence-electron chi connectivity index (χ1n) is 8.89. The molecule has 0 radical (unpaired) electrons. The molecule has 0 saturated heterocycles. The molecule has 1 aromatic carbocycles. The molecule has 3 N–H and O–H groups in total. The van der Waals surface area contributed by atoms with Gasteiger partial charge in [0.15, 0.2) is 0 Å². The summed E-state index contributed by atoms with van der Waals surface area (Å²) < 4.78 is 27.2. The monoisotopic (exact) mass is 414 g/mol. The molecule has 152 valence electrons. The van der Waals surface area contributed by atoms with E-state index in [1.807, 2.05) is 12.1 Å². The van der Waals surface area contributed by atoms with Crippen molar-refractivity contribution in [3.05, 3.63) is 78.0 Å². The number of imidazole rings is 1. The van der Waals surface area contributed by atoms with E-state index in [1.165, 1.54) is 7.05 Å². The molecular weight excluding hydrogens is 392 g/mol. The molecule has 0 atom stereocenters. The number of pyridine rings is 1. The lowest BCUT2D eigenvalue weighted by Gasteiger charge is -2.09. The van der Waals surface area contributed by atoms with Crippen LogP contribution < -0.4 is 15.4 Å². The van der Waals surface area contributed by atoms with Crippen molar-refractivity contribution in [1.82, 2.24) is 29.9 Å². The van der Waals surface area contributed by atoms with Crippen molar-refractivity contribution >= 4 is 16.1 Å². The molecule has 29 heavy (non-hydrogen) atoms. The van der Waals surface area contributed by atoms with Gasteiger partial charge in [-0.05, 0) is 29.8 Å². The van der Waals surface area contributed by atoms with E-state index in [1.54, 1.807) is 53.8 Å². The Morgan fingerprint density at radius 3 is 2.24 bits per heavy atom. The highest BCUT2D eigenvalue weighted by Crippen LogP contribution is 2.08. The molecule has 2 heterocycles. The number of sulfonamides is 1. The first kappa shape index (κ1) is 20.5. The van der Waals surface area contributed by atoms with E-state index in [0.717, 1.165) is 16.9 Å². The minimum Gasteiger partial charge on any atom is -0.334 e. The first-order chi connectivity index (χ1) is 13.9. The number of carbonyl (C=O) groups excluding carboxylic acids is 1. The van der Waals surface area contributed by atoms with E-state index >= 15 is 0 Å². The minimum atomic E-state index is -3.30. The van der Waals surface area contributed by atoms with Crippen molar-refractivity contribution in [3.8, 4) is 5.82 Å². The number of amides is 2. The predicted octanol–water partition coefficient (Wildman–Crippen LogP) is 1.32. The van der Waals surface area contributed by atoms with Gasteiger partial charge >= 0.3 is 6.03 Å². The lowest BCUT2D eigenvalue weighted by molar-refractivity contribution is 0.240. The first-order valence-corrected chi connectivity index (χ1v) is 10.5. The average molecular weight is 414 g/mol. The number of hydrogen-bond acceptors (Lipinski definition) is 5. The number of rotatable bonds is 8. The maximum atomic E-state index is 12.0. The third kappa shape index (κ3) is 6.13. The molecule has 10 heteroatoms. The average Bonchev–Trinajstić information content (AvgIpc) is 3.27. The molecule has 2 amide bonds. The smallest absolute Gasteiger partial charge is 0.315 e. The quantitative estimate of drug-likeness (QED) is 0.514. The van der Waals surface area contributed by atoms with Gasteiger partial charge in [0, 0.05) is 31.7 Å². The number of nitrogens with one attached hydrogen (secondary N) is 3.